The fourth-order valence-electron chi connectivity index (χ4n) is 2.79. The van der Waals surface area contributed by atoms with Gasteiger partial charge in [0.25, 0.3) is 0 Å². The molecule has 0 radical (unpaired) electrons. The molecule has 1 aliphatic heterocycles. The minimum absolute atomic E-state index is 0. The number of urea groups is 1. The normalized spacial score (nSPS) is 19.8. The Balaban J connectivity index is 0.00000364. The van der Waals surface area contributed by atoms with E-state index in [2.05, 4.69) is 5.32 Å². The molecule has 0 bridgehead atoms. The van der Waals surface area contributed by atoms with E-state index in [1.54, 1.807) is 24.3 Å². The summed E-state index contributed by atoms with van der Waals surface area (Å²) in [7, 11) is 0. The second kappa shape index (κ2) is 9.56. The Morgan fingerprint density at radius 1 is 1.15 bits per heavy atom. The molecule has 1 aliphatic rings. The first-order valence-electron chi connectivity index (χ1n) is 7.80. The number of carbonyl (C=O) groups is 3. The maximum absolute atomic E-state index is 12.9. The molecule has 0 saturated carbocycles. The maximum Gasteiger partial charge on any atom is 0.393 e. The molecular weight excluding hydrogens is 391 g/mol. The van der Waals surface area contributed by atoms with Crippen molar-refractivity contribution in [1.82, 2.24) is 15.5 Å². The van der Waals surface area contributed by atoms with Crippen LogP contribution in [0.1, 0.15) is 5.56 Å². The highest BCUT2D eigenvalue weighted by Gasteiger charge is 2.52. The Hall–Kier alpha value is -2.33. The zero-order valence-electron chi connectivity index (χ0n) is 14.0. The van der Waals surface area contributed by atoms with E-state index in [1.807, 2.05) is 11.4 Å². The van der Waals surface area contributed by atoms with Crippen molar-refractivity contribution < 1.29 is 32.7 Å². The van der Waals surface area contributed by atoms with Crippen molar-refractivity contribution in [3.05, 3.63) is 35.9 Å². The third-order valence-electron chi connectivity index (χ3n) is 4.05. The van der Waals surface area contributed by atoms with E-state index in [1.165, 1.54) is 0 Å². The lowest BCUT2D eigenvalue weighted by atomic mass is 9.96. The summed E-state index contributed by atoms with van der Waals surface area (Å²) in [6, 6.07) is 8.14. The van der Waals surface area contributed by atoms with Gasteiger partial charge < -0.3 is 10.4 Å². The third-order valence-corrected chi connectivity index (χ3v) is 4.05. The monoisotopic (exact) mass is 409 g/mol. The lowest BCUT2D eigenvalue weighted by molar-refractivity contribution is -0.188. The molecule has 150 valence electrons. The summed E-state index contributed by atoms with van der Waals surface area (Å²) >= 11 is 0. The third kappa shape index (κ3) is 6.72. The van der Waals surface area contributed by atoms with E-state index < -0.39 is 55.6 Å². The standard InChI is InChI=1S/C16H18F3N3O4.ClH/c17-16(18,19)12-8-22(7-11(12)14(24)25)9-13(23)21-15(26)20-6-10-4-2-1-3-5-10;/h1-5,11-12H,6-9H2,(H,24,25)(H2,20,21,23,26);1H/t11-,12-;/m1./s1. The van der Waals surface area contributed by atoms with Crippen molar-refractivity contribution in [1.29, 1.82) is 0 Å². The molecule has 1 heterocycles. The number of rotatable bonds is 5. The molecule has 1 aromatic carbocycles. The summed E-state index contributed by atoms with van der Waals surface area (Å²) in [5.41, 5.74) is 0.812. The summed E-state index contributed by atoms with van der Waals surface area (Å²) in [5, 5.41) is 13.4. The Kier molecular flexibility index (Phi) is 8.04. The van der Waals surface area contributed by atoms with Crippen LogP contribution in [0.2, 0.25) is 0 Å². The average Bonchev–Trinajstić information content (AvgIpc) is 2.98. The maximum atomic E-state index is 12.9. The van der Waals surface area contributed by atoms with Crippen LogP contribution in [0, 0.1) is 11.8 Å². The van der Waals surface area contributed by atoms with E-state index in [0.29, 0.717) is 0 Å². The zero-order valence-corrected chi connectivity index (χ0v) is 14.8. The van der Waals surface area contributed by atoms with Crippen LogP contribution in [-0.2, 0) is 16.1 Å². The number of nitrogens with one attached hydrogen (secondary N) is 2. The average molecular weight is 410 g/mol. The van der Waals surface area contributed by atoms with Crippen molar-refractivity contribution in [2.45, 2.75) is 12.7 Å². The number of benzene rings is 1. The number of hydrogen-bond acceptors (Lipinski definition) is 4. The van der Waals surface area contributed by atoms with Gasteiger partial charge in [-0.25, -0.2) is 4.79 Å². The van der Waals surface area contributed by atoms with Gasteiger partial charge in [0.2, 0.25) is 5.91 Å². The Labute approximate surface area is 159 Å². The fraction of sp³-hybridized carbons (Fsp3) is 0.438. The molecule has 7 nitrogen and oxygen atoms in total. The quantitative estimate of drug-likeness (QED) is 0.686. The van der Waals surface area contributed by atoms with Crippen molar-refractivity contribution in [3.63, 3.8) is 0 Å². The van der Waals surface area contributed by atoms with Gasteiger partial charge >= 0.3 is 18.2 Å². The molecule has 0 aliphatic carbocycles. The number of aliphatic carboxylic acids is 1. The predicted molar refractivity (Wildman–Crippen MR) is 91.2 cm³/mol. The van der Waals surface area contributed by atoms with E-state index in [0.717, 1.165) is 10.5 Å². The molecule has 3 N–H and O–H groups in total. The van der Waals surface area contributed by atoms with E-state index in [9.17, 15) is 27.6 Å². The molecule has 3 amide bonds. The smallest absolute Gasteiger partial charge is 0.393 e. The molecule has 27 heavy (non-hydrogen) atoms. The lowest BCUT2D eigenvalue weighted by Crippen LogP contribution is -2.44. The second-order valence-corrected chi connectivity index (χ2v) is 6.00. The second-order valence-electron chi connectivity index (χ2n) is 6.00. The van der Waals surface area contributed by atoms with Gasteiger partial charge in [0.05, 0.1) is 18.4 Å². The Bertz CT molecular complexity index is 673. The van der Waals surface area contributed by atoms with Crippen LogP contribution in [0.4, 0.5) is 18.0 Å². The number of amides is 3. The number of carboxylic acids is 1. The molecule has 0 unspecified atom stereocenters. The van der Waals surface area contributed by atoms with Crippen molar-refractivity contribution in [2.24, 2.45) is 11.8 Å². The van der Waals surface area contributed by atoms with Crippen molar-refractivity contribution in [2.75, 3.05) is 19.6 Å². The topological polar surface area (TPSA) is 98.7 Å². The Morgan fingerprint density at radius 2 is 1.78 bits per heavy atom. The van der Waals surface area contributed by atoms with Crippen LogP contribution in [0.15, 0.2) is 30.3 Å². The Morgan fingerprint density at radius 3 is 2.30 bits per heavy atom. The van der Waals surface area contributed by atoms with Crippen LogP contribution in [0.25, 0.3) is 0 Å². The number of carboxylic acid groups (broad SMARTS) is 1. The largest absolute Gasteiger partial charge is 0.481 e. The van der Waals surface area contributed by atoms with Crippen LogP contribution in [0.3, 0.4) is 0 Å². The van der Waals surface area contributed by atoms with Crippen molar-refractivity contribution >= 4 is 30.3 Å². The first kappa shape index (κ1) is 22.7. The summed E-state index contributed by atoms with van der Waals surface area (Å²) in [6.45, 7) is -1.31. The predicted octanol–water partition coefficient (Wildman–Crippen LogP) is 1.63. The minimum atomic E-state index is -4.67. The van der Waals surface area contributed by atoms with Gasteiger partial charge in [-0.15, -0.1) is 12.4 Å². The summed E-state index contributed by atoms with van der Waals surface area (Å²) in [5.74, 6) is -6.03. The molecule has 0 spiro atoms. The highest BCUT2D eigenvalue weighted by Crippen LogP contribution is 2.37. The first-order chi connectivity index (χ1) is 12.2. The molecule has 2 rings (SSSR count). The highest BCUT2D eigenvalue weighted by atomic mass is 35.5. The van der Waals surface area contributed by atoms with Gasteiger partial charge in [0, 0.05) is 19.6 Å². The molecular formula is C16H19ClF3N3O4. The first-order valence-corrected chi connectivity index (χ1v) is 7.80. The van der Waals surface area contributed by atoms with Crippen LogP contribution >= 0.6 is 12.4 Å². The van der Waals surface area contributed by atoms with Crippen molar-refractivity contribution in [3.8, 4) is 0 Å². The summed E-state index contributed by atoms with van der Waals surface area (Å²) < 4.78 is 38.7. The fourth-order valence-corrected chi connectivity index (χ4v) is 2.79. The van der Waals surface area contributed by atoms with Gasteiger partial charge in [-0.2, -0.15) is 13.2 Å². The molecule has 1 aromatic rings. The summed E-state index contributed by atoms with van der Waals surface area (Å²) in [6.07, 6.45) is -4.67. The molecule has 0 aromatic heterocycles. The molecule has 2 atom stereocenters. The van der Waals surface area contributed by atoms with E-state index in [4.69, 9.17) is 5.11 Å². The number of imide groups is 1. The number of likely N-dealkylation sites (tertiary alicyclic amines) is 1. The zero-order chi connectivity index (χ0) is 19.3. The lowest BCUT2D eigenvalue weighted by Gasteiger charge is -2.18. The van der Waals surface area contributed by atoms with Crippen LogP contribution < -0.4 is 10.6 Å². The van der Waals surface area contributed by atoms with Crippen LogP contribution in [0.5, 0.6) is 0 Å². The van der Waals surface area contributed by atoms with Crippen LogP contribution in [-0.4, -0.2) is 53.7 Å². The van der Waals surface area contributed by atoms with Gasteiger partial charge in [0.15, 0.2) is 0 Å². The SMILES string of the molecule is Cl.O=C(CN1C[C@@H](C(F)(F)F)[C@H](C(=O)O)C1)NC(=O)NCc1ccccc1. The van der Waals surface area contributed by atoms with Gasteiger partial charge in [0.1, 0.15) is 0 Å². The van der Waals surface area contributed by atoms with Gasteiger partial charge in [-0.05, 0) is 5.56 Å². The number of alkyl halides is 3. The number of halogens is 4. The molecule has 1 fully saturated rings. The minimum Gasteiger partial charge on any atom is -0.481 e. The molecule has 11 heteroatoms. The van der Waals surface area contributed by atoms with Gasteiger partial charge in [-0.3, -0.25) is 19.8 Å². The highest BCUT2D eigenvalue weighted by molar-refractivity contribution is 5.95. The molecule has 1 saturated heterocycles. The van der Waals surface area contributed by atoms with E-state index in [-0.39, 0.29) is 19.0 Å². The number of nitrogens with zero attached hydrogens (tertiary/aromatic N) is 1. The van der Waals surface area contributed by atoms with Gasteiger partial charge in [-0.1, -0.05) is 30.3 Å². The number of carbonyl (C=O) groups excluding carboxylic acids is 2. The van der Waals surface area contributed by atoms with E-state index >= 15 is 0 Å². The number of hydrogen-bond donors (Lipinski definition) is 3. The summed E-state index contributed by atoms with van der Waals surface area (Å²) in [4.78, 5) is 35.5.